The van der Waals surface area contributed by atoms with Crippen LogP contribution in [-0.2, 0) is 11.3 Å². The number of rotatable bonds is 6. The third-order valence-corrected chi connectivity index (χ3v) is 2.33. The molecule has 17 heavy (non-hydrogen) atoms. The van der Waals surface area contributed by atoms with Gasteiger partial charge in [-0.3, -0.25) is 4.98 Å². The van der Waals surface area contributed by atoms with E-state index >= 15 is 0 Å². The second kappa shape index (κ2) is 6.12. The van der Waals surface area contributed by atoms with Crippen LogP contribution in [0.25, 0.3) is 11.5 Å². The molecule has 0 fully saturated rings. The number of aromatic nitrogens is 3. The lowest BCUT2D eigenvalue weighted by Crippen LogP contribution is -2.18. The number of hydrogen-bond acceptors (Lipinski definition) is 4. The molecule has 5 nitrogen and oxygen atoms in total. The van der Waals surface area contributed by atoms with E-state index in [1.54, 1.807) is 13.3 Å². The zero-order chi connectivity index (χ0) is 11.9. The Labute approximate surface area is 100 Å². The summed E-state index contributed by atoms with van der Waals surface area (Å²) in [5.74, 6) is 0.800. The van der Waals surface area contributed by atoms with Gasteiger partial charge in [-0.1, -0.05) is 6.07 Å². The monoisotopic (exact) mass is 232 g/mol. The maximum atomic E-state index is 4.96. The van der Waals surface area contributed by atoms with Gasteiger partial charge in [-0.25, -0.2) is 4.98 Å². The highest BCUT2D eigenvalue weighted by Crippen LogP contribution is 2.11. The van der Waals surface area contributed by atoms with Gasteiger partial charge in [0.1, 0.15) is 5.69 Å². The normalized spacial score (nSPS) is 10.6. The van der Waals surface area contributed by atoms with E-state index in [2.05, 4.69) is 20.3 Å². The van der Waals surface area contributed by atoms with Crippen LogP contribution in [0.15, 0.2) is 30.6 Å². The van der Waals surface area contributed by atoms with E-state index in [0.717, 1.165) is 30.3 Å². The molecule has 5 heteroatoms. The zero-order valence-corrected chi connectivity index (χ0v) is 9.81. The Hall–Kier alpha value is -1.72. The number of pyridine rings is 1. The summed E-state index contributed by atoms with van der Waals surface area (Å²) in [6.45, 7) is 2.29. The lowest BCUT2D eigenvalue weighted by atomic mass is 10.3. The smallest absolute Gasteiger partial charge is 0.156 e. The first-order valence-electron chi connectivity index (χ1n) is 5.55. The summed E-state index contributed by atoms with van der Waals surface area (Å²) >= 11 is 0. The minimum absolute atomic E-state index is 0.710. The van der Waals surface area contributed by atoms with Gasteiger partial charge in [0, 0.05) is 32.1 Å². The molecule has 2 aromatic heterocycles. The van der Waals surface area contributed by atoms with E-state index in [1.165, 1.54) is 0 Å². The molecular formula is C12H16N4O. The maximum Gasteiger partial charge on any atom is 0.156 e. The van der Waals surface area contributed by atoms with Crippen LogP contribution in [0.5, 0.6) is 0 Å². The number of hydrogen-bond donors (Lipinski definition) is 2. The van der Waals surface area contributed by atoms with Gasteiger partial charge >= 0.3 is 0 Å². The number of ether oxygens (including phenoxy) is 1. The molecule has 90 valence electrons. The first-order chi connectivity index (χ1) is 8.40. The molecule has 2 aromatic rings. The largest absolute Gasteiger partial charge is 0.383 e. The Morgan fingerprint density at radius 1 is 1.35 bits per heavy atom. The fourth-order valence-corrected chi connectivity index (χ4v) is 1.48. The second-order valence-corrected chi connectivity index (χ2v) is 3.64. The van der Waals surface area contributed by atoms with Gasteiger partial charge in [0.2, 0.25) is 0 Å². The Kier molecular flexibility index (Phi) is 4.23. The summed E-state index contributed by atoms with van der Waals surface area (Å²) in [6.07, 6.45) is 3.58. The molecule has 0 spiro atoms. The summed E-state index contributed by atoms with van der Waals surface area (Å²) < 4.78 is 4.96. The van der Waals surface area contributed by atoms with Crippen molar-refractivity contribution in [2.45, 2.75) is 6.54 Å². The summed E-state index contributed by atoms with van der Waals surface area (Å²) in [6, 6.07) is 5.77. The third-order valence-electron chi connectivity index (χ3n) is 2.33. The highest BCUT2D eigenvalue weighted by molar-refractivity contribution is 5.48. The molecule has 0 radical (unpaired) electrons. The van der Waals surface area contributed by atoms with Crippen molar-refractivity contribution in [3.8, 4) is 11.5 Å². The van der Waals surface area contributed by atoms with Crippen LogP contribution in [0, 0.1) is 0 Å². The average Bonchev–Trinajstić information content (AvgIpc) is 2.85. The molecule has 0 aromatic carbocycles. The quantitative estimate of drug-likeness (QED) is 0.735. The molecule has 0 aliphatic carbocycles. The minimum Gasteiger partial charge on any atom is -0.383 e. The molecule has 0 bridgehead atoms. The molecule has 2 N–H and O–H groups in total. The van der Waals surface area contributed by atoms with Crippen molar-refractivity contribution in [3.05, 3.63) is 36.3 Å². The number of aromatic amines is 1. The summed E-state index contributed by atoms with van der Waals surface area (Å²) in [7, 11) is 1.69. The lowest BCUT2D eigenvalue weighted by molar-refractivity contribution is 0.199. The fraction of sp³-hybridized carbons (Fsp3) is 0.333. The number of nitrogens with one attached hydrogen (secondary N) is 2. The van der Waals surface area contributed by atoms with Gasteiger partial charge in [0.15, 0.2) is 5.82 Å². The number of imidazole rings is 1. The number of H-pyrrole nitrogens is 1. The topological polar surface area (TPSA) is 62.8 Å². The predicted octanol–water partition coefficient (Wildman–Crippen LogP) is 1.21. The number of nitrogens with zero attached hydrogens (tertiary/aromatic N) is 2. The van der Waals surface area contributed by atoms with Crippen LogP contribution in [0.1, 0.15) is 5.69 Å². The van der Waals surface area contributed by atoms with Gasteiger partial charge in [-0.15, -0.1) is 0 Å². The second-order valence-electron chi connectivity index (χ2n) is 3.64. The van der Waals surface area contributed by atoms with Crippen molar-refractivity contribution in [3.63, 3.8) is 0 Å². The molecule has 0 saturated carbocycles. The van der Waals surface area contributed by atoms with Crippen LogP contribution < -0.4 is 5.32 Å². The molecule has 0 atom stereocenters. The molecule has 0 aliphatic heterocycles. The van der Waals surface area contributed by atoms with Crippen molar-refractivity contribution >= 4 is 0 Å². The Balaban J connectivity index is 1.92. The molecule has 0 aliphatic rings. The van der Waals surface area contributed by atoms with Crippen molar-refractivity contribution in [1.82, 2.24) is 20.3 Å². The van der Waals surface area contributed by atoms with Gasteiger partial charge in [-0.05, 0) is 12.1 Å². The van der Waals surface area contributed by atoms with E-state index in [9.17, 15) is 0 Å². The summed E-state index contributed by atoms with van der Waals surface area (Å²) in [5, 5.41) is 3.25. The average molecular weight is 232 g/mol. The van der Waals surface area contributed by atoms with Crippen LogP contribution >= 0.6 is 0 Å². The van der Waals surface area contributed by atoms with Gasteiger partial charge in [-0.2, -0.15) is 0 Å². The van der Waals surface area contributed by atoms with Crippen molar-refractivity contribution in [2.24, 2.45) is 0 Å². The van der Waals surface area contributed by atoms with E-state index in [4.69, 9.17) is 4.74 Å². The van der Waals surface area contributed by atoms with Crippen LogP contribution in [0.3, 0.4) is 0 Å². The predicted molar refractivity (Wildman–Crippen MR) is 65.4 cm³/mol. The Morgan fingerprint density at radius 3 is 3.06 bits per heavy atom. The van der Waals surface area contributed by atoms with E-state index in [-0.39, 0.29) is 0 Å². The van der Waals surface area contributed by atoms with Crippen LogP contribution in [-0.4, -0.2) is 35.2 Å². The van der Waals surface area contributed by atoms with Crippen molar-refractivity contribution < 1.29 is 4.74 Å². The Bertz CT molecular complexity index is 441. The SMILES string of the molecule is COCCNCc1cnc(-c2ccccn2)[nH]1. The molecular weight excluding hydrogens is 216 g/mol. The fourth-order valence-electron chi connectivity index (χ4n) is 1.48. The third kappa shape index (κ3) is 3.37. The standard InChI is InChI=1S/C12H16N4O/c1-17-7-6-13-8-10-9-15-12(16-10)11-4-2-3-5-14-11/h2-5,9,13H,6-8H2,1H3,(H,15,16). The van der Waals surface area contributed by atoms with Crippen molar-refractivity contribution in [1.29, 1.82) is 0 Å². The summed E-state index contributed by atoms with van der Waals surface area (Å²) in [5.41, 5.74) is 1.90. The molecule has 0 amide bonds. The first kappa shape index (κ1) is 11.8. The minimum atomic E-state index is 0.710. The first-order valence-corrected chi connectivity index (χ1v) is 5.55. The molecule has 2 heterocycles. The number of methoxy groups -OCH3 is 1. The highest BCUT2D eigenvalue weighted by Gasteiger charge is 2.03. The van der Waals surface area contributed by atoms with Gasteiger partial charge in [0.25, 0.3) is 0 Å². The maximum absolute atomic E-state index is 4.96. The van der Waals surface area contributed by atoms with E-state index in [0.29, 0.717) is 6.61 Å². The van der Waals surface area contributed by atoms with E-state index in [1.807, 2.05) is 24.4 Å². The van der Waals surface area contributed by atoms with Crippen LogP contribution in [0.2, 0.25) is 0 Å². The van der Waals surface area contributed by atoms with Gasteiger partial charge < -0.3 is 15.0 Å². The zero-order valence-electron chi connectivity index (χ0n) is 9.81. The van der Waals surface area contributed by atoms with E-state index < -0.39 is 0 Å². The molecule has 0 unspecified atom stereocenters. The Morgan fingerprint density at radius 2 is 2.29 bits per heavy atom. The van der Waals surface area contributed by atoms with Crippen molar-refractivity contribution in [2.75, 3.05) is 20.3 Å². The molecule has 0 saturated heterocycles. The molecule has 2 rings (SSSR count). The van der Waals surface area contributed by atoms with Gasteiger partial charge in [0.05, 0.1) is 12.8 Å². The highest BCUT2D eigenvalue weighted by atomic mass is 16.5. The lowest BCUT2D eigenvalue weighted by Gasteiger charge is -2.01. The van der Waals surface area contributed by atoms with Crippen LogP contribution in [0.4, 0.5) is 0 Å². The summed E-state index contributed by atoms with van der Waals surface area (Å²) in [4.78, 5) is 11.8.